The van der Waals surface area contributed by atoms with Crippen LogP contribution in [0.1, 0.15) is 25.7 Å². The number of aliphatic hydroxyl groups is 1. The van der Waals surface area contributed by atoms with Crippen LogP contribution in [0.3, 0.4) is 0 Å². The first-order valence-corrected chi connectivity index (χ1v) is 10.0. The van der Waals surface area contributed by atoms with Crippen LogP contribution in [0.25, 0.3) is 0 Å². The predicted molar refractivity (Wildman–Crippen MR) is 78.2 cm³/mol. The molecule has 0 spiro atoms. The molecular formula is C13H19NO5S2. The Morgan fingerprint density at radius 3 is 1.95 bits per heavy atom. The largest absolute Gasteiger partial charge is 0.394 e. The van der Waals surface area contributed by atoms with Crippen molar-refractivity contribution >= 4 is 19.9 Å². The maximum Gasteiger partial charge on any atom is 0.241 e. The van der Waals surface area contributed by atoms with Crippen LogP contribution in [0, 0.1) is 0 Å². The average molecular weight is 333 g/mol. The molecule has 0 radical (unpaired) electrons. The van der Waals surface area contributed by atoms with Crippen LogP contribution in [0.15, 0.2) is 34.1 Å². The molecule has 118 valence electrons. The molecule has 1 saturated carbocycles. The standard InChI is InChI=1S/C13H19NO5S2/c1-20(16,17)11-4-6-12(7-5-11)21(18,19)14-13(10-15)8-2-3-9-13/h4-7,14-15H,2-3,8-10H2,1H3. The van der Waals surface area contributed by atoms with Gasteiger partial charge in [-0.1, -0.05) is 12.8 Å². The van der Waals surface area contributed by atoms with E-state index < -0.39 is 25.4 Å². The Balaban J connectivity index is 2.28. The first kappa shape index (κ1) is 16.4. The van der Waals surface area contributed by atoms with E-state index in [4.69, 9.17) is 0 Å². The van der Waals surface area contributed by atoms with Gasteiger partial charge in [0.2, 0.25) is 10.0 Å². The van der Waals surface area contributed by atoms with Crippen LogP contribution < -0.4 is 4.72 Å². The lowest BCUT2D eigenvalue weighted by molar-refractivity contribution is 0.185. The Morgan fingerprint density at radius 2 is 1.52 bits per heavy atom. The van der Waals surface area contributed by atoms with E-state index in [1.165, 1.54) is 24.3 Å². The van der Waals surface area contributed by atoms with E-state index in [0.717, 1.165) is 19.1 Å². The Kier molecular flexibility index (Phi) is 4.44. The van der Waals surface area contributed by atoms with Crippen LogP contribution >= 0.6 is 0 Å². The predicted octanol–water partition coefficient (Wildman–Crippen LogP) is 0.673. The van der Waals surface area contributed by atoms with E-state index in [0.29, 0.717) is 12.8 Å². The lowest BCUT2D eigenvalue weighted by Gasteiger charge is -2.27. The third-order valence-corrected chi connectivity index (χ3v) is 6.50. The number of hydrogen-bond donors (Lipinski definition) is 2. The molecule has 2 rings (SSSR count). The summed E-state index contributed by atoms with van der Waals surface area (Å²) in [5.41, 5.74) is -0.797. The molecule has 0 amide bonds. The Morgan fingerprint density at radius 1 is 1.05 bits per heavy atom. The van der Waals surface area contributed by atoms with E-state index in [9.17, 15) is 21.9 Å². The zero-order valence-electron chi connectivity index (χ0n) is 11.7. The maximum atomic E-state index is 12.3. The molecular weight excluding hydrogens is 314 g/mol. The van der Waals surface area contributed by atoms with Crippen molar-refractivity contribution in [1.29, 1.82) is 0 Å². The average Bonchev–Trinajstić information content (AvgIpc) is 2.86. The van der Waals surface area contributed by atoms with Crippen LogP contribution in [-0.4, -0.2) is 40.3 Å². The number of rotatable bonds is 5. The molecule has 1 aliphatic rings. The second kappa shape index (κ2) is 5.68. The Hall–Kier alpha value is -0.960. The Bertz CT molecular complexity index is 701. The fraction of sp³-hybridized carbons (Fsp3) is 0.538. The lowest BCUT2D eigenvalue weighted by Crippen LogP contribution is -2.49. The number of nitrogens with one attached hydrogen (secondary N) is 1. The first-order chi connectivity index (χ1) is 9.69. The van der Waals surface area contributed by atoms with Crippen molar-refractivity contribution < 1.29 is 21.9 Å². The molecule has 0 saturated heterocycles. The fourth-order valence-corrected chi connectivity index (χ4v) is 4.64. The summed E-state index contributed by atoms with van der Waals surface area (Å²) in [5, 5.41) is 9.47. The summed E-state index contributed by atoms with van der Waals surface area (Å²) >= 11 is 0. The third-order valence-electron chi connectivity index (χ3n) is 3.78. The van der Waals surface area contributed by atoms with Crippen molar-refractivity contribution in [2.45, 2.75) is 41.0 Å². The molecule has 0 aromatic heterocycles. The van der Waals surface area contributed by atoms with E-state index >= 15 is 0 Å². The van der Waals surface area contributed by atoms with Gasteiger partial charge in [-0.05, 0) is 37.1 Å². The van der Waals surface area contributed by atoms with Gasteiger partial charge in [0.05, 0.1) is 21.9 Å². The van der Waals surface area contributed by atoms with Gasteiger partial charge in [0.25, 0.3) is 0 Å². The summed E-state index contributed by atoms with van der Waals surface area (Å²) < 4.78 is 50.0. The monoisotopic (exact) mass is 333 g/mol. The van der Waals surface area contributed by atoms with Gasteiger partial charge < -0.3 is 5.11 Å². The SMILES string of the molecule is CS(=O)(=O)c1ccc(S(=O)(=O)NC2(CO)CCCC2)cc1. The summed E-state index contributed by atoms with van der Waals surface area (Å²) in [6, 6.07) is 5.06. The highest BCUT2D eigenvalue weighted by atomic mass is 32.2. The van der Waals surface area contributed by atoms with Crippen LogP contribution in [0.5, 0.6) is 0 Å². The molecule has 0 unspecified atom stereocenters. The van der Waals surface area contributed by atoms with E-state index in [-0.39, 0.29) is 16.4 Å². The number of hydrogen-bond acceptors (Lipinski definition) is 5. The van der Waals surface area contributed by atoms with Crippen molar-refractivity contribution in [2.24, 2.45) is 0 Å². The topological polar surface area (TPSA) is 101 Å². The zero-order valence-corrected chi connectivity index (χ0v) is 13.4. The summed E-state index contributed by atoms with van der Waals surface area (Å²) in [6.07, 6.45) is 4.01. The normalized spacial score (nSPS) is 18.8. The number of benzene rings is 1. The second-order valence-electron chi connectivity index (χ2n) is 5.49. The summed E-state index contributed by atoms with van der Waals surface area (Å²) in [7, 11) is -7.14. The second-order valence-corrected chi connectivity index (χ2v) is 9.19. The highest BCUT2D eigenvalue weighted by Crippen LogP contribution is 2.31. The van der Waals surface area contributed by atoms with E-state index in [2.05, 4.69) is 4.72 Å². The van der Waals surface area contributed by atoms with Gasteiger partial charge in [-0.3, -0.25) is 0 Å². The van der Waals surface area contributed by atoms with E-state index in [1.54, 1.807) is 0 Å². The minimum Gasteiger partial charge on any atom is -0.394 e. The van der Waals surface area contributed by atoms with Gasteiger partial charge in [0, 0.05) is 6.26 Å². The number of sulfone groups is 1. The number of aliphatic hydroxyl groups excluding tert-OH is 1. The smallest absolute Gasteiger partial charge is 0.241 e. The molecule has 6 nitrogen and oxygen atoms in total. The van der Waals surface area contributed by atoms with Crippen molar-refractivity contribution in [3.8, 4) is 0 Å². The molecule has 1 fully saturated rings. The van der Waals surface area contributed by atoms with Gasteiger partial charge in [-0.25, -0.2) is 21.6 Å². The quantitative estimate of drug-likeness (QED) is 0.825. The molecule has 0 bridgehead atoms. The minimum atomic E-state index is -3.78. The van der Waals surface area contributed by atoms with Crippen molar-refractivity contribution in [1.82, 2.24) is 4.72 Å². The molecule has 0 heterocycles. The van der Waals surface area contributed by atoms with Crippen LogP contribution in [0.2, 0.25) is 0 Å². The highest BCUT2D eigenvalue weighted by molar-refractivity contribution is 7.90. The van der Waals surface area contributed by atoms with Gasteiger partial charge in [0.15, 0.2) is 9.84 Å². The van der Waals surface area contributed by atoms with Gasteiger partial charge in [-0.15, -0.1) is 0 Å². The van der Waals surface area contributed by atoms with Crippen LogP contribution in [0.4, 0.5) is 0 Å². The van der Waals surface area contributed by atoms with E-state index in [1.807, 2.05) is 0 Å². The van der Waals surface area contributed by atoms with Crippen molar-refractivity contribution in [3.63, 3.8) is 0 Å². The fourth-order valence-electron chi connectivity index (χ4n) is 2.55. The molecule has 0 atom stereocenters. The zero-order chi connectivity index (χ0) is 15.7. The molecule has 2 N–H and O–H groups in total. The van der Waals surface area contributed by atoms with Gasteiger partial charge >= 0.3 is 0 Å². The molecule has 8 heteroatoms. The van der Waals surface area contributed by atoms with Gasteiger partial charge in [-0.2, -0.15) is 0 Å². The van der Waals surface area contributed by atoms with Crippen molar-refractivity contribution in [3.05, 3.63) is 24.3 Å². The Labute approximate surface area is 125 Å². The summed E-state index contributed by atoms with van der Waals surface area (Å²) in [6.45, 7) is -0.242. The third kappa shape index (κ3) is 3.63. The number of sulfonamides is 1. The molecule has 1 aromatic rings. The summed E-state index contributed by atoms with van der Waals surface area (Å²) in [5.74, 6) is 0. The van der Waals surface area contributed by atoms with Crippen molar-refractivity contribution in [2.75, 3.05) is 12.9 Å². The van der Waals surface area contributed by atoms with Gasteiger partial charge in [0.1, 0.15) is 0 Å². The molecule has 1 aliphatic carbocycles. The molecule has 21 heavy (non-hydrogen) atoms. The molecule has 0 aliphatic heterocycles. The molecule has 1 aromatic carbocycles. The maximum absolute atomic E-state index is 12.3. The summed E-state index contributed by atoms with van der Waals surface area (Å²) in [4.78, 5) is 0.0637. The highest BCUT2D eigenvalue weighted by Gasteiger charge is 2.37. The van der Waals surface area contributed by atoms with Crippen LogP contribution in [-0.2, 0) is 19.9 Å². The first-order valence-electron chi connectivity index (χ1n) is 6.64. The lowest BCUT2D eigenvalue weighted by atomic mass is 10.0. The minimum absolute atomic E-state index is 0.00498.